The Bertz CT molecular complexity index is 544. The van der Waals surface area contributed by atoms with Crippen LogP contribution < -0.4 is 0 Å². The fourth-order valence-electron chi connectivity index (χ4n) is 3.18. The third-order valence-electron chi connectivity index (χ3n) is 4.17. The SMILES string of the molecule is O=C1CCC(O)=C1C(c1ccc(Cl)cc1)N1CCCC1. The summed E-state index contributed by atoms with van der Waals surface area (Å²) in [6.07, 6.45) is 3.20. The molecule has 1 fully saturated rings. The van der Waals surface area contributed by atoms with Crippen molar-refractivity contribution in [3.8, 4) is 0 Å². The number of rotatable bonds is 3. The molecule has 2 aliphatic rings. The first-order valence-electron chi connectivity index (χ1n) is 7.11. The Morgan fingerprint density at radius 1 is 1.10 bits per heavy atom. The molecule has 0 spiro atoms. The molecular weight excluding hydrogens is 274 g/mol. The van der Waals surface area contributed by atoms with E-state index in [1.165, 1.54) is 0 Å². The quantitative estimate of drug-likeness (QED) is 0.924. The van der Waals surface area contributed by atoms with Crippen LogP contribution in [0.2, 0.25) is 5.02 Å². The Hall–Kier alpha value is -1.32. The first kappa shape index (κ1) is 13.7. The molecule has 20 heavy (non-hydrogen) atoms. The van der Waals surface area contributed by atoms with E-state index >= 15 is 0 Å². The number of carbonyl (C=O) groups is 1. The van der Waals surface area contributed by atoms with Gasteiger partial charge >= 0.3 is 0 Å². The molecule has 0 amide bonds. The Morgan fingerprint density at radius 2 is 1.75 bits per heavy atom. The van der Waals surface area contributed by atoms with Crippen molar-refractivity contribution in [3.63, 3.8) is 0 Å². The van der Waals surface area contributed by atoms with Crippen LogP contribution in [0.4, 0.5) is 0 Å². The zero-order valence-corrected chi connectivity index (χ0v) is 12.1. The van der Waals surface area contributed by atoms with Crippen LogP contribution in [-0.2, 0) is 4.79 Å². The van der Waals surface area contributed by atoms with Gasteiger partial charge in [-0.1, -0.05) is 23.7 Å². The van der Waals surface area contributed by atoms with Gasteiger partial charge in [-0.3, -0.25) is 9.69 Å². The summed E-state index contributed by atoms with van der Waals surface area (Å²) >= 11 is 5.95. The molecular formula is C16H18ClNO2. The Labute approximate surface area is 123 Å². The van der Waals surface area contributed by atoms with E-state index in [9.17, 15) is 9.90 Å². The average molecular weight is 292 g/mol. The van der Waals surface area contributed by atoms with Gasteiger partial charge in [0.1, 0.15) is 5.76 Å². The van der Waals surface area contributed by atoms with Crippen LogP contribution >= 0.6 is 11.6 Å². The number of allylic oxidation sites excluding steroid dienone is 1. The lowest BCUT2D eigenvalue weighted by Gasteiger charge is -2.28. The van der Waals surface area contributed by atoms with E-state index in [-0.39, 0.29) is 17.6 Å². The molecule has 1 atom stereocenters. The zero-order valence-electron chi connectivity index (χ0n) is 11.3. The van der Waals surface area contributed by atoms with Gasteiger partial charge in [0.2, 0.25) is 0 Å². The third-order valence-corrected chi connectivity index (χ3v) is 4.42. The maximum absolute atomic E-state index is 12.2. The molecule has 1 unspecified atom stereocenters. The lowest BCUT2D eigenvalue weighted by Crippen LogP contribution is -2.29. The number of aliphatic hydroxyl groups is 1. The van der Waals surface area contributed by atoms with Crippen molar-refractivity contribution in [3.05, 3.63) is 46.2 Å². The topological polar surface area (TPSA) is 40.5 Å². The first-order chi connectivity index (χ1) is 9.66. The molecule has 0 saturated carbocycles. The summed E-state index contributed by atoms with van der Waals surface area (Å²) in [6.45, 7) is 1.94. The number of halogens is 1. The van der Waals surface area contributed by atoms with E-state index in [0.717, 1.165) is 31.5 Å². The molecule has 1 saturated heterocycles. The molecule has 3 rings (SSSR count). The van der Waals surface area contributed by atoms with Crippen LogP contribution in [0.25, 0.3) is 0 Å². The minimum absolute atomic E-state index is 0.0781. The Balaban J connectivity index is 2.02. The number of hydrogen-bond acceptors (Lipinski definition) is 3. The van der Waals surface area contributed by atoms with Crippen LogP contribution in [0, 0.1) is 0 Å². The number of aliphatic hydroxyl groups excluding tert-OH is 1. The van der Waals surface area contributed by atoms with Gasteiger partial charge in [0.25, 0.3) is 0 Å². The number of benzene rings is 1. The molecule has 106 valence electrons. The molecule has 0 aromatic heterocycles. The average Bonchev–Trinajstić information content (AvgIpc) is 3.06. The number of carbonyl (C=O) groups excluding carboxylic acids is 1. The number of ketones is 1. The molecule has 4 heteroatoms. The van der Waals surface area contributed by atoms with Gasteiger partial charge in [0.05, 0.1) is 11.6 Å². The van der Waals surface area contributed by atoms with Crippen molar-refractivity contribution in [1.29, 1.82) is 0 Å². The largest absolute Gasteiger partial charge is 0.512 e. The minimum atomic E-state index is -0.121. The molecule has 0 bridgehead atoms. The highest BCUT2D eigenvalue weighted by atomic mass is 35.5. The van der Waals surface area contributed by atoms with Crippen LogP contribution in [-0.4, -0.2) is 28.9 Å². The van der Waals surface area contributed by atoms with Crippen molar-refractivity contribution in [2.24, 2.45) is 0 Å². The molecule has 0 radical (unpaired) electrons. The molecule has 1 N–H and O–H groups in total. The van der Waals surface area contributed by atoms with Crippen molar-refractivity contribution in [1.82, 2.24) is 4.90 Å². The number of hydrogen-bond donors (Lipinski definition) is 1. The standard InChI is InChI=1S/C16H18ClNO2/c17-12-5-3-11(4-6-12)16(18-9-1-2-10-18)15-13(19)7-8-14(15)20/h3-6,16,19H,1-2,7-10H2. The van der Waals surface area contributed by atoms with E-state index in [1.54, 1.807) is 0 Å². The fourth-order valence-corrected chi connectivity index (χ4v) is 3.30. The molecule has 1 aromatic rings. The second kappa shape index (κ2) is 5.58. The van der Waals surface area contributed by atoms with Gasteiger partial charge in [-0.15, -0.1) is 0 Å². The maximum Gasteiger partial charge on any atom is 0.164 e. The monoisotopic (exact) mass is 291 g/mol. The molecule has 1 aromatic carbocycles. The molecule has 1 heterocycles. The predicted molar refractivity (Wildman–Crippen MR) is 78.9 cm³/mol. The summed E-state index contributed by atoms with van der Waals surface area (Å²) in [6, 6.07) is 7.48. The van der Waals surface area contributed by atoms with Crippen molar-refractivity contribution in [2.45, 2.75) is 31.7 Å². The van der Waals surface area contributed by atoms with Crippen LogP contribution in [0.5, 0.6) is 0 Å². The van der Waals surface area contributed by atoms with Crippen LogP contribution in [0.3, 0.4) is 0 Å². The number of nitrogens with zero attached hydrogens (tertiary/aromatic N) is 1. The predicted octanol–water partition coefficient (Wildman–Crippen LogP) is 3.65. The third kappa shape index (κ3) is 2.48. The van der Waals surface area contributed by atoms with Gasteiger partial charge in [-0.05, 0) is 43.6 Å². The van der Waals surface area contributed by atoms with E-state index in [0.29, 0.717) is 23.4 Å². The Morgan fingerprint density at radius 3 is 2.30 bits per heavy atom. The Kier molecular flexibility index (Phi) is 3.81. The number of Topliss-reactive ketones (excluding diaryl/α,β-unsaturated/α-hetero) is 1. The highest BCUT2D eigenvalue weighted by molar-refractivity contribution is 6.30. The molecule has 1 aliphatic carbocycles. The summed E-state index contributed by atoms with van der Waals surface area (Å²) in [7, 11) is 0. The summed E-state index contributed by atoms with van der Waals surface area (Å²) in [5.74, 6) is 0.344. The summed E-state index contributed by atoms with van der Waals surface area (Å²) in [5, 5.41) is 10.8. The van der Waals surface area contributed by atoms with Crippen molar-refractivity contribution >= 4 is 17.4 Å². The zero-order chi connectivity index (χ0) is 14.1. The first-order valence-corrected chi connectivity index (χ1v) is 7.49. The van der Waals surface area contributed by atoms with E-state index in [1.807, 2.05) is 24.3 Å². The molecule has 1 aliphatic heterocycles. The van der Waals surface area contributed by atoms with E-state index in [4.69, 9.17) is 11.6 Å². The van der Waals surface area contributed by atoms with Crippen molar-refractivity contribution in [2.75, 3.05) is 13.1 Å². The summed E-state index contributed by atoms with van der Waals surface area (Å²) < 4.78 is 0. The summed E-state index contributed by atoms with van der Waals surface area (Å²) in [5.41, 5.74) is 1.63. The van der Waals surface area contributed by atoms with Gasteiger partial charge in [0, 0.05) is 17.9 Å². The smallest absolute Gasteiger partial charge is 0.164 e. The fraction of sp³-hybridized carbons (Fsp3) is 0.438. The van der Waals surface area contributed by atoms with Gasteiger partial charge < -0.3 is 5.11 Å². The lowest BCUT2D eigenvalue weighted by molar-refractivity contribution is -0.115. The van der Waals surface area contributed by atoms with Crippen molar-refractivity contribution < 1.29 is 9.90 Å². The van der Waals surface area contributed by atoms with Crippen LogP contribution in [0.15, 0.2) is 35.6 Å². The maximum atomic E-state index is 12.2. The second-order valence-electron chi connectivity index (χ2n) is 5.48. The van der Waals surface area contributed by atoms with E-state index < -0.39 is 0 Å². The van der Waals surface area contributed by atoms with Gasteiger partial charge in [0.15, 0.2) is 5.78 Å². The van der Waals surface area contributed by atoms with Gasteiger partial charge in [-0.2, -0.15) is 0 Å². The second-order valence-corrected chi connectivity index (χ2v) is 5.92. The highest BCUT2D eigenvalue weighted by Gasteiger charge is 2.35. The molecule has 3 nitrogen and oxygen atoms in total. The normalized spacial score (nSPS) is 21.8. The summed E-state index contributed by atoms with van der Waals surface area (Å²) in [4.78, 5) is 14.4. The number of likely N-dealkylation sites (tertiary alicyclic amines) is 1. The minimum Gasteiger partial charge on any atom is -0.512 e. The lowest BCUT2D eigenvalue weighted by atomic mass is 9.95. The van der Waals surface area contributed by atoms with Crippen LogP contribution in [0.1, 0.15) is 37.3 Å². The van der Waals surface area contributed by atoms with E-state index in [2.05, 4.69) is 4.90 Å². The highest BCUT2D eigenvalue weighted by Crippen LogP contribution is 2.38. The van der Waals surface area contributed by atoms with Gasteiger partial charge in [-0.25, -0.2) is 0 Å².